The van der Waals surface area contributed by atoms with Crippen LogP contribution in [0.4, 0.5) is 34.6 Å². The van der Waals surface area contributed by atoms with E-state index in [4.69, 9.17) is 4.74 Å². The second kappa shape index (κ2) is 9.20. The summed E-state index contributed by atoms with van der Waals surface area (Å²) in [5.41, 5.74) is -2.57. The quantitative estimate of drug-likeness (QED) is 0.300. The molecule has 0 aromatic heterocycles. The zero-order chi connectivity index (χ0) is 22.5. The molecule has 0 saturated carbocycles. The number of nitrogens with zero attached hydrogens (tertiary/aromatic N) is 1. The molecule has 1 amide bonds. The number of nitro benzene ring substituents is 1. The highest BCUT2D eigenvalue weighted by atomic mass is 19.4. The lowest BCUT2D eigenvalue weighted by atomic mass is 10.1. The molecule has 2 aromatic rings. The van der Waals surface area contributed by atoms with Gasteiger partial charge in [-0.05, 0) is 31.2 Å². The van der Waals surface area contributed by atoms with E-state index in [-0.39, 0.29) is 11.4 Å². The summed E-state index contributed by atoms with van der Waals surface area (Å²) < 4.78 is 56.4. The third-order valence-electron chi connectivity index (χ3n) is 3.74. The standard InChI is InChI=1S/C18H15F4N3O5/c1-10(17(27)30-9-16(26)24-13-5-3-2-4-12(13)19)23-14-7-6-11(18(20,21)22)8-15(14)25(28)29/h2-8,10,23H,9H2,1H3,(H,24,26)/t10-/m0/s1. The summed E-state index contributed by atoms with van der Waals surface area (Å²) in [4.78, 5) is 33.8. The van der Waals surface area contributed by atoms with Gasteiger partial charge in [-0.2, -0.15) is 13.2 Å². The van der Waals surface area contributed by atoms with Crippen molar-refractivity contribution in [1.29, 1.82) is 0 Å². The van der Waals surface area contributed by atoms with Crippen LogP contribution in [0.2, 0.25) is 0 Å². The first kappa shape index (κ1) is 22.6. The van der Waals surface area contributed by atoms with Crippen molar-refractivity contribution in [2.45, 2.75) is 19.1 Å². The average molecular weight is 429 g/mol. The molecule has 0 fully saturated rings. The van der Waals surface area contributed by atoms with E-state index in [2.05, 4.69) is 10.6 Å². The number of halogens is 4. The highest BCUT2D eigenvalue weighted by Crippen LogP contribution is 2.35. The summed E-state index contributed by atoms with van der Waals surface area (Å²) >= 11 is 0. The second-order valence-electron chi connectivity index (χ2n) is 5.99. The fraction of sp³-hybridized carbons (Fsp3) is 0.222. The summed E-state index contributed by atoms with van der Waals surface area (Å²) in [6, 6.07) is 5.84. The topological polar surface area (TPSA) is 111 Å². The van der Waals surface area contributed by atoms with E-state index in [9.17, 15) is 37.3 Å². The van der Waals surface area contributed by atoms with Gasteiger partial charge in [0, 0.05) is 6.07 Å². The van der Waals surface area contributed by atoms with E-state index in [1.165, 1.54) is 25.1 Å². The number of amides is 1. The number of hydrogen-bond donors (Lipinski definition) is 2. The maximum absolute atomic E-state index is 13.5. The van der Waals surface area contributed by atoms with Gasteiger partial charge in [-0.3, -0.25) is 14.9 Å². The summed E-state index contributed by atoms with van der Waals surface area (Å²) in [6.07, 6.45) is -4.78. The normalized spacial score (nSPS) is 12.0. The summed E-state index contributed by atoms with van der Waals surface area (Å²) in [5, 5.41) is 15.6. The van der Waals surface area contributed by atoms with Crippen LogP contribution in [0.15, 0.2) is 42.5 Å². The zero-order valence-corrected chi connectivity index (χ0v) is 15.3. The fourth-order valence-electron chi connectivity index (χ4n) is 2.28. The van der Waals surface area contributed by atoms with Crippen LogP contribution in [-0.2, 0) is 20.5 Å². The number of benzene rings is 2. The molecule has 2 aromatic carbocycles. The lowest BCUT2D eigenvalue weighted by Gasteiger charge is -2.15. The van der Waals surface area contributed by atoms with Gasteiger partial charge in [0.15, 0.2) is 6.61 Å². The molecule has 2 rings (SSSR count). The molecule has 12 heteroatoms. The van der Waals surface area contributed by atoms with Crippen LogP contribution in [0.25, 0.3) is 0 Å². The van der Waals surface area contributed by atoms with E-state index >= 15 is 0 Å². The van der Waals surface area contributed by atoms with Gasteiger partial charge in [0.2, 0.25) is 0 Å². The molecule has 1 atom stereocenters. The number of para-hydroxylation sites is 1. The van der Waals surface area contributed by atoms with Gasteiger partial charge in [0.25, 0.3) is 11.6 Å². The SMILES string of the molecule is C[C@H](Nc1ccc(C(F)(F)F)cc1[N+](=O)[O-])C(=O)OCC(=O)Nc1ccccc1F. The zero-order valence-electron chi connectivity index (χ0n) is 15.3. The molecule has 0 spiro atoms. The summed E-state index contributed by atoms with van der Waals surface area (Å²) in [5.74, 6) is -2.53. The maximum atomic E-state index is 13.5. The monoisotopic (exact) mass is 429 g/mol. The molecule has 0 aliphatic rings. The van der Waals surface area contributed by atoms with E-state index in [1.807, 2.05) is 0 Å². The predicted molar refractivity (Wildman–Crippen MR) is 97.2 cm³/mol. The van der Waals surface area contributed by atoms with Gasteiger partial charge in [-0.15, -0.1) is 0 Å². The number of hydrogen-bond acceptors (Lipinski definition) is 6. The minimum absolute atomic E-state index is 0.120. The Morgan fingerprint density at radius 3 is 2.43 bits per heavy atom. The molecule has 0 heterocycles. The fourth-order valence-corrected chi connectivity index (χ4v) is 2.28. The van der Waals surface area contributed by atoms with Crippen molar-refractivity contribution in [2.24, 2.45) is 0 Å². The van der Waals surface area contributed by atoms with Crippen molar-refractivity contribution in [3.8, 4) is 0 Å². The lowest BCUT2D eigenvalue weighted by Crippen LogP contribution is -2.31. The van der Waals surface area contributed by atoms with Gasteiger partial charge in [-0.1, -0.05) is 12.1 Å². The number of alkyl halides is 3. The first-order valence-corrected chi connectivity index (χ1v) is 8.32. The maximum Gasteiger partial charge on any atom is 0.416 e. The van der Waals surface area contributed by atoms with Crippen LogP contribution in [0.1, 0.15) is 12.5 Å². The number of rotatable bonds is 7. The molecule has 0 radical (unpaired) electrons. The molecule has 0 aliphatic carbocycles. The minimum atomic E-state index is -4.78. The van der Waals surface area contributed by atoms with Crippen LogP contribution < -0.4 is 10.6 Å². The Morgan fingerprint density at radius 1 is 1.17 bits per heavy atom. The van der Waals surface area contributed by atoms with Gasteiger partial charge in [-0.25, -0.2) is 9.18 Å². The highest BCUT2D eigenvalue weighted by Gasteiger charge is 2.33. The molecule has 8 nitrogen and oxygen atoms in total. The number of ether oxygens (including phenoxy) is 1. The van der Waals surface area contributed by atoms with Gasteiger partial charge in [0.05, 0.1) is 16.2 Å². The number of nitrogens with one attached hydrogen (secondary N) is 2. The molecule has 0 bridgehead atoms. The first-order valence-electron chi connectivity index (χ1n) is 8.32. The first-order chi connectivity index (χ1) is 14.0. The Kier molecular flexibility index (Phi) is 6.93. The largest absolute Gasteiger partial charge is 0.454 e. The molecule has 0 aliphatic heterocycles. The van der Waals surface area contributed by atoms with Crippen molar-refractivity contribution < 1.29 is 36.8 Å². The highest BCUT2D eigenvalue weighted by molar-refractivity contribution is 5.93. The molecule has 0 saturated heterocycles. The second-order valence-corrected chi connectivity index (χ2v) is 5.99. The molecule has 2 N–H and O–H groups in total. The number of carbonyl (C=O) groups excluding carboxylic acids is 2. The smallest absolute Gasteiger partial charge is 0.416 e. The lowest BCUT2D eigenvalue weighted by molar-refractivity contribution is -0.384. The molecule has 160 valence electrons. The van der Waals surface area contributed by atoms with E-state index in [0.717, 1.165) is 12.1 Å². The van der Waals surface area contributed by atoms with Crippen LogP contribution in [0, 0.1) is 15.9 Å². The van der Waals surface area contributed by atoms with E-state index < -0.39 is 52.7 Å². The average Bonchev–Trinajstić information content (AvgIpc) is 2.67. The van der Waals surface area contributed by atoms with Gasteiger partial charge in [0.1, 0.15) is 17.5 Å². The number of esters is 1. The number of carbonyl (C=O) groups is 2. The van der Waals surface area contributed by atoms with Crippen LogP contribution >= 0.6 is 0 Å². The van der Waals surface area contributed by atoms with Crippen molar-refractivity contribution in [2.75, 3.05) is 17.2 Å². The van der Waals surface area contributed by atoms with Crippen LogP contribution in [0.3, 0.4) is 0 Å². The molecule has 0 unspecified atom stereocenters. The van der Waals surface area contributed by atoms with Gasteiger partial charge < -0.3 is 15.4 Å². The Labute approximate surface area is 167 Å². The van der Waals surface area contributed by atoms with Crippen molar-refractivity contribution in [3.05, 3.63) is 64.0 Å². The Morgan fingerprint density at radius 2 is 1.83 bits per heavy atom. The number of nitro groups is 1. The molecular weight excluding hydrogens is 414 g/mol. The summed E-state index contributed by atoms with van der Waals surface area (Å²) in [6.45, 7) is 0.465. The van der Waals surface area contributed by atoms with Crippen molar-refractivity contribution in [3.63, 3.8) is 0 Å². The predicted octanol–water partition coefficient (Wildman–Crippen LogP) is 3.74. The Bertz CT molecular complexity index is 965. The van der Waals surface area contributed by atoms with Crippen LogP contribution in [0.5, 0.6) is 0 Å². The minimum Gasteiger partial charge on any atom is -0.454 e. The third-order valence-corrected chi connectivity index (χ3v) is 3.74. The van der Waals surface area contributed by atoms with Crippen molar-refractivity contribution >= 4 is 28.9 Å². The third kappa shape index (κ3) is 5.90. The number of anilines is 2. The summed E-state index contributed by atoms with van der Waals surface area (Å²) in [7, 11) is 0. The Balaban J connectivity index is 1.99. The molecular formula is C18H15F4N3O5. The van der Waals surface area contributed by atoms with Gasteiger partial charge >= 0.3 is 12.1 Å². The van der Waals surface area contributed by atoms with E-state index in [0.29, 0.717) is 12.1 Å². The van der Waals surface area contributed by atoms with Crippen molar-refractivity contribution in [1.82, 2.24) is 0 Å². The molecule has 30 heavy (non-hydrogen) atoms. The van der Waals surface area contributed by atoms with Crippen LogP contribution in [-0.4, -0.2) is 29.4 Å². The van der Waals surface area contributed by atoms with E-state index in [1.54, 1.807) is 0 Å². The Hall–Kier alpha value is -3.70.